The molecule has 0 unspecified atom stereocenters. The Bertz CT molecular complexity index is 1100. The van der Waals surface area contributed by atoms with Gasteiger partial charge in [-0.25, -0.2) is 13.1 Å². The molecule has 8 heteroatoms. The highest BCUT2D eigenvalue weighted by Gasteiger charge is 2.24. The lowest BCUT2D eigenvalue weighted by molar-refractivity contribution is 0.0937. The quantitative estimate of drug-likeness (QED) is 0.610. The molecule has 0 bridgehead atoms. The van der Waals surface area contributed by atoms with Crippen LogP contribution in [0.25, 0.3) is 0 Å². The number of sulfonamides is 1. The number of rotatable bonds is 6. The average Bonchev–Trinajstić information content (AvgIpc) is 3.19. The topological polar surface area (TPSA) is 104 Å². The summed E-state index contributed by atoms with van der Waals surface area (Å²) in [4.78, 5) is 25.2. The van der Waals surface area contributed by atoms with Crippen LogP contribution in [0.3, 0.4) is 0 Å². The predicted octanol–water partition coefficient (Wildman–Crippen LogP) is 4.00. The van der Waals surface area contributed by atoms with Crippen LogP contribution >= 0.6 is 0 Å². The van der Waals surface area contributed by atoms with Crippen molar-refractivity contribution in [1.29, 1.82) is 0 Å². The Balaban J connectivity index is 1.72. The number of carbonyl (C=O) groups excluding carboxylic acids is 2. The lowest BCUT2D eigenvalue weighted by Gasteiger charge is -2.20. The Morgan fingerprint density at radius 1 is 0.938 bits per heavy atom. The van der Waals surface area contributed by atoms with Gasteiger partial charge < -0.3 is 10.6 Å². The van der Waals surface area contributed by atoms with Crippen LogP contribution in [-0.4, -0.2) is 31.8 Å². The number of benzene rings is 2. The largest absolute Gasteiger partial charge is 0.349 e. The van der Waals surface area contributed by atoms with Gasteiger partial charge in [-0.05, 0) is 82.5 Å². The molecule has 7 nitrogen and oxygen atoms in total. The minimum atomic E-state index is -3.76. The molecule has 0 atom stereocenters. The second-order valence-corrected chi connectivity index (χ2v) is 11.0. The number of nitrogens with one attached hydrogen (secondary N) is 3. The lowest BCUT2D eigenvalue weighted by atomic mass is 10.1. The first-order valence-electron chi connectivity index (χ1n) is 10.8. The zero-order valence-electron chi connectivity index (χ0n) is 19.0. The molecule has 0 saturated heterocycles. The van der Waals surface area contributed by atoms with Gasteiger partial charge in [0.25, 0.3) is 11.8 Å². The highest BCUT2D eigenvalue weighted by Crippen LogP contribution is 2.21. The average molecular weight is 458 g/mol. The maximum absolute atomic E-state index is 12.8. The summed E-state index contributed by atoms with van der Waals surface area (Å²) in [5, 5.41) is 5.82. The Morgan fingerprint density at radius 2 is 1.56 bits per heavy atom. The lowest BCUT2D eigenvalue weighted by Crippen LogP contribution is -2.40. The third-order valence-electron chi connectivity index (χ3n) is 5.30. The van der Waals surface area contributed by atoms with Crippen LogP contribution in [0.1, 0.15) is 72.7 Å². The summed E-state index contributed by atoms with van der Waals surface area (Å²) in [6, 6.07) is 11.4. The zero-order valence-corrected chi connectivity index (χ0v) is 19.8. The Morgan fingerprint density at radius 3 is 2.16 bits per heavy atom. The van der Waals surface area contributed by atoms with E-state index < -0.39 is 21.5 Å². The Hall–Kier alpha value is -2.71. The molecule has 2 aromatic carbocycles. The first-order valence-corrected chi connectivity index (χ1v) is 12.3. The van der Waals surface area contributed by atoms with Crippen LogP contribution < -0.4 is 15.4 Å². The van der Waals surface area contributed by atoms with Crippen molar-refractivity contribution >= 4 is 27.5 Å². The number of aryl methyl sites for hydroxylation is 1. The fraction of sp³-hybridized carbons (Fsp3) is 0.417. The van der Waals surface area contributed by atoms with Gasteiger partial charge in [0, 0.05) is 28.4 Å². The molecular formula is C24H31N3O4S. The van der Waals surface area contributed by atoms with Gasteiger partial charge >= 0.3 is 0 Å². The number of hydrogen-bond donors (Lipinski definition) is 3. The molecule has 0 heterocycles. The molecule has 1 fully saturated rings. The van der Waals surface area contributed by atoms with Gasteiger partial charge in [-0.1, -0.05) is 18.9 Å². The fourth-order valence-electron chi connectivity index (χ4n) is 3.72. The van der Waals surface area contributed by atoms with E-state index in [1.165, 1.54) is 12.1 Å². The molecule has 0 aromatic heterocycles. The summed E-state index contributed by atoms with van der Waals surface area (Å²) in [6.07, 6.45) is 4.31. The van der Waals surface area contributed by atoms with Crippen molar-refractivity contribution in [1.82, 2.24) is 10.0 Å². The van der Waals surface area contributed by atoms with Crippen molar-refractivity contribution in [2.45, 2.75) is 69.9 Å². The standard InChI is InChI=1S/C24H31N3O4S/c1-16-9-14-20(32(30,31)27-24(2,3)4)15-21(16)23(29)26-19-12-10-17(11-13-19)22(28)25-18-7-5-6-8-18/h9-15,18,27H,5-8H2,1-4H3,(H,25,28)(H,26,29). The van der Waals surface area contributed by atoms with Gasteiger partial charge in [-0.2, -0.15) is 0 Å². The summed E-state index contributed by atoms with van der Waals surface area (Å²) in [5.41, 5.74) is 1.34. The molecule has 1 aliphatic rings. The fourth-order valence-corrected chi connectivity index (χ4v) is 5.16. The highest BCUT2D eigenvalue weighted by atomic mass is 32.2. The summed E-state index contributed by atoms with van der Waals surface area (Å²) in [5.74, 6) is -0.534. The smallest absolute Gasteiger partial charge is 0.255 e. The second kappa shape index (κ2) is 9.42. The molecule has 1 saturated carbocycles. The third-order valence-corrected chi connectivity index (χ3v) is 7.06. The van der Waals surface area contributed by atoms with Crippen LogP contribution in [-0.2, 0) is 10.0 Å². The molecule has 172 valence electrons. The molecular weight excluding hydrogens is 426 g/mol. The van der Waals surface area contributed by atoms with Gasteiger partial charge in [0.15, 0.2) is 0 Å². The van der Waals surface area contributed by atoms with E-state index in [1.807, 2.05) is 0 Å². The second-order valence-electron chi connectivity index (χ2n) is 9.32. The van der Waals surface area contributed by atoms with E-state index in [1.54, 1.807) is 58.0 Å². The molecule has 0 spiro atoms. The monoisotopic (exact) mass is 457 g/mol. The molecule has 1 aliphatic carbocycles. The molecule has 0 radical (unpaired) electrons. The van der Waals surface area contributed by atoms with Crippen LogP contribution in [0, 0.1) is 6.92 Å². The summed E-state index contributed by atoms with van der Waals surface area (Å²) in [7, 11) is -3.76. The summed E-state index contributed by atoms with van der Waals surface area (Å²) < 4.78 is 27.9. The number of hydrogen-bond acceptors (Lipinski definition) is 4. The number of anilines is 1. The van der Waals surface area contributed by atoms with Crippen molar-refractivity contribution in [3.05, 3.63) is 59.2 Å². The van der Waals surface area contributed by atoms with E-state index in [4.69, 9.17) is 0 Å². The molecule has 3 rings (SSSR count). The predicted molar refractivity (Wildman–Crippen MR) is 125 cm³/mol. The molecule has 0 aliphatic heterocycles. The Kier molecular flexibility index (Phi) is 7.05. The first-order chi connectivity index (χ1) is 14.9. The van der Waals surface area contributed by atoms with Crippen molar-refractivity contribution in [3.63, 3.8) is 0 Å². The van der Waals surface area contributed by atoms with E-state index in [-0.39, 0.29) is 22.4 Å². The zero-order chi connectivity index (χ0) is 23.5. The minimum absolute atomic E-state index is 0.0297. The van der Waals surface area contributed by atoms with Gasteiger partial charge in [0.2, 0.25) is 10.0 Å². The maximum atomic E-state index is 12.8. The van der Waals surface area contributed by atoms with Gasteiger partial charge in [-0.3, -0.25) is 9.59 Å². The Labute approximate surface area is 190 Å². The number of amides is 2. The van der Waals surface area contributed by atoms with Crippen molar-refractivity contribution in [2.24, 2.45) is 0 Å². The van der Waals surface area contributed by atoms with Crippen molar-refractivity contribution < 1.29 is 18.0 Å². The van der Waals surface area contributed by atoms with Crippen molar-refractivity contribution in [2.75, 3.05) is 5.32 Å². The normalized spacial score (nSPS) is 14.9. The van der Waals surface area contributed by atoms with E-state index in [0.717, 1.165) is 25.7 Å². The van der Waals surface area contributed by atoms with Gasteiger partial charge in [-0.15, -0.1) is 0 Å². The van der Waals surface area contributed by atoms with E-state index >= 15 is 0 Å². The van der Waals surface area contributed by atoms with E-state index in [0.29, 0.717) is 16.8 Å². The molecule has 2 amide bonds. The molecule has 2 aromatic rings. The van der Waals surface area contributed by atoms with E-state index in [9.17, 15) is 18.0 Å². The van der Waals surface area contributed by atoms with Crippen LogP contribution in [0.4, 0.5) is 5.69 Å². The van der Waals surface area contributed by atoms with Crippen LogP contribution in [0.2, 0.25) is 0 Å². The summed E-state index contributed by atoms with van der Waals surface area (Å²) >= 11 is 0. The minimum Gasteiger partial charge on any atom is -0.349 e. The van der Waals surface area contributed by atoms with Crippen LogP contribution in [0.15, 0.2) is 47.4 Å². The third kappa shape index (κ3) is 6.17. The maximum Gasteiger partial charge on any atom is 0.255 e. The number of carbonyl (C=O) groups is 2. The SMILES string of the molecule is Cc1ccc(S(=O)(=O)NC(C)(C)C)cc1C(=O)Nc1ccc(C(=O)NC2CCCC2)cc1. The molecule has 32 heavy (non-hydrogen) atoms. The van der Waals surface area contributed by atoms with E-state index in [2.05, 4.69) is 15.4 Å². The van der Waals surface area contributed by atoms with Crippen LogP contribution in [0.5, 0.6) is 0 Å². The first kappa shape index (κ1) is 23.9. The van der Waals surface area contributed by atoms with Gasteiger partial charge in [0.1, 0.15) is 0 Å². The van der Waals surface area contributed by atoms with Crippen molar-refractivity contribution in [3.8, 4) is 0 Å². The van der Waals surface area contributed by atoms with Gasteiger partial charge in [0.05, 0.1) is 4.90 Å². The highest BCUT2D eigenvalue weighted by molar-refractivity contribution is 7.89. The summed E-state index contributed by atoms with van der Waals surface area (Å²) in [6.45, 7) is 7.01. The molecule has 3 N–H and O–H groups in total.